The van der Waals surface area contributed by atoms with E-state index in [1.165, 1.54) is 4.79 Å². The van der Waals surface area contributed by atoms with Gasteiger partial charge in [-0.1, -0.05) is 26.7 Å². The number of hydrogen-bond donors (Lipinski definition) is 1. The summed E-state index contributed by atoms with van der Waals surface area (Å²) in [7, 11) is 0. The molecule has 0 aliphatic carbocycles. The zero-order chi connectivity index (χ0) is 18.2. The summed E-state index contributed by atoms with van der Waals surface area (Å²) in [6.07, 6.45) is 5.67. The predicted molar refractivity (Wildman–Crippen MR) is 102 cm³/mol. The smallest absolute Gasteiger partial charge is 0.227 e. The molecule has 6 nitrogen and oxygen atoms in total. The fourth-order valence-electron chi connectivity index (χ4n) is 2.64. The fourth-order valence-corrected chi connectivity index (χ4v) is 2.64. The van der Waals surface area contributed by atoms with E-state index in [1.54, 1.807) is 6.21 Å². The molecule has 0 radical (unpaired) electrons. The molecule has 1 amide bonds. The summed E-state index contributed by atoms with van der Waals surface area (Å²) in [4.78, 5) is 18.3. The first-order valence-corrected chi connectivity index (χ1v) is 8.92. The van der Waals surface area contributed by atoms with Crippen molar-refractivity contribution in [1.29, 1.82) is 0 Å². The van der Waals surface area contributed by atoms with Gasteiger partial charge in [-0.15, -0.1) is 9.89 Å². The van der Waals surface area contributed by atoms with Gasteiger partial charge in [-0.2, -0.15) is 5.10 Å². The average molecular weight is 341 g/mol. The van der Waals surface area contributed by atoms with E-state index in [4.69, 9.17) is 0 Å². The molecule has 0 saturated carbocycles. The lowest BCUT2D eigenvalue weighted by Gasteiger charge is -2.14. The molecular formula is C19H27N5O. The zero-order valence-corrected chi connectivity index (χ0v) is 15.5. The van der Waals surface area contributed by atoms with Gasteiger partial charge in [-0.05, 0) is 51.0 Å². The highest BCUT2D eigenvalue weighted by Crippen LogP contribution is 2.20. The van der Waals surface area contributed by atoms with Crippen molar-refractivity contribution in [2.45, 2.75) is 53.4 Å². The van der Waals surface area contributed by atoms with Crippen LogP contribution in [0.2, 0.25) is 0 Å². The highest BCUT2D eigenvalue weighted by atomic mass is 16.1. The summed E-state index contributed by atoms with van der Waals surface area (Å²) in [6.45, 7) is 7.90. The van der Waals surface area contributed by atoms with Crippen LogP contribution in [0.15, 0.2) is 29.4 Å². The van der Waals surface area contributed by atoms with Crippen LogP contribution in [0.1, 0.15) is 52.3 Å². The predicted octanol–water partition coefficient (Wildman–Crippen LogP) is 4.26. The first-order chi connectivity index (χ1) is 12.1. The molecule has 0 bridgehead atoms. The lowest BCUT2D eigenvalue weighted by atomic mass is 9.98. The summed E-state index contributed by atoms with van der Waals surface area (Å²) in [5.41, 5.74) is 1.69. The molecule has 0 aliphatic rings. The van der Waals surface area contributed by atoms with Gasteiger partial charge in [0.2, 0.25) is 5.91 Å². The Balaban J connectivity index is 2.06. The number of unbranched alkanes of at least 4 members (excludes halogenated alkanes) is 1. The number of amides is 1. The first-order valence-electron chi connectivity index (χ1n) is 8.92. The van der Waals surface area contributed by atoms with Crippen LogP contribution in [0.5, 0.6) is 0 Å². The normalized spacial score (nSPS) is 12.5. The monoisotopic (exact) mass is 341 g/mol. The molecule has 2 rings (SSSR count). The molecule has 1 N–H and O–H groups in total. The summed E-state index contributed by atoms with van der Waals surface area (Å²) in [5.74, 6) is 1.52. The molecule has 1 aromatic heterocycles. The summed E-state index contributed by atoms with van der Waals surface area (Å²) in [6, 6.07) is 7.60. The minimum atomic E-state index is 0.0755. The van der Waals surface area contributed by atoms with Gasteiger partial charge in [0, 0.05) is 23.4 Å². The van der Waals surface area contributed by atoms with Crippen molar-refractivity contribution in [3.8, 4) is 11.4 Å². The van der Waals surface area contributed by atoms with Crippen LogP contribution in [0.4, 0.5) is 5.69 Å². The van der Waals surface area contributed by atoms with Crippen molar-refractivity contribution in [2.75, 3.05) is 5.32 Å². The molecule has 2 aromatic rings. The molecule has 0 spiro atoms. The largest absolute Gasteiger partial charge is 0.326 e. The van der Waals surface area contributed by atoms with Gasteiger partial charge in [0.1, 0.15) is 5.82 Å². The minimum Gasteiger partial charge on any atom is -0.326 e. The maximum absolute atomic E-state index is 12.4. The third-order valence-electron chi connectivity index (χ3n) is 4.15. The van der Waals surface area contributed by atoms with E-state index in [1.807, 2.05) is 38.1 Å². The maximum atomic E-state index is 12.4. The van der Waals surface area contributed by atoms with Gasteiger partial charge < -0.3 is 5.32 Å². The second-order valence-corrected chi connectivity index (χ2v) is 6.06. The Hall–Kier alpha value is -2.50. The lowest BCUT2D eigenvalue weighted by molar-refractivity contribution is -0.120. The van der Waals surface area contributed by atoms with Crippen molar-refractivity contribution in [2.24, 2.45) is 11.0 Å². The van der Waals surface area contributed by atoms with Crippen LogP contribution in [-0.4, -0.2) is 27.0 Å². The summed E-state index contributed by atoms with van der Waals surface area (Å²) < 4.78 is 0. The molecule has 0 aliphatic heterocycles. The Bertz CT molecular complexity index is 718. The van der Waals surface area contributed by atoms with Crippen molar-refractivity contribution in [3.63, 3.8) is 0 Å². The van der Waals surface area contributed by atoms with E-state index in [0.29, 0.717) is 5.82 Å². The number of aryl methyl sites for hydroxylation is 1. The SMILES string of the molecule is C/C=N\n1nc(-c2ccc(NC(=O)C(CC)CCCC)cc2)nc1C. The molecule has 134 valence electrons. The van der Waals surface area contributed by atoms with E-state index < -0.39 is 0 Å². The van der Waals surface area contributed by atoms with Gasteiger partial charge in [0.05, 0.1) is 0 Å². The van der Waals surface area contributed by atoms with Crippen LogP contribution >= 0.6 is 0 Å². The van der Waals surface area contributed by atoms with Crippen molar-refractivity contribution >= 4 is 17.8 Å². The number of hydrogen-bond acceptors (Lipinski definition) is 4. The second-order valence-electron chi connectivity index (χ2n) is 6.06. The third-order valence-corrected chi connectivity index (χ3v) is 4.15. The van der Waals surface area contributed by atoms with Crippen molar-refractivity contribution in [1.82, 2.24) is 14.9 Å². The van der Waals surface area contributed by atoms with E-state index in [0.717, 1.165) is 42.8 Å². The van der Waals surface area contributed by atoms with E-state index in [-0.39, 0.29) is 11.8 Å². The van der Waals surface area contributed by atoms with E-state index >= 15 is 0 Å². The number of aromatic nitrogens is 3. The number of carbonyl (C=O) groups excluding carboxylic acids is 1. The van der Waals surface area contributed by atoms with Gasteiger partial charge >= 0.3 is 0 Å². The zero-order valence-electron chi connectivity index (χ0n) is 15.5. The number of nitrogens with one attached hydrogen (secondary N) is 1. The molecule has 25 heavy (non-hydrogen) atoms. The molecule has 1 unspecified atom stereocenters. The Labute approximate surface area is 149 Å². The second kappa shape index (κ2) is 9.11. The Morgan fingerprint density at radius 2 is 2.04 bits per heavy atom. The van der Waals surface area contributed by atoms with Gasteiger partial charge in [0.25, 0.3) is 0 Å². The summed E-state index contributed by atoms with van der Waals surface area (Å²) >= 11 is 0. The van der Waals surface area contributed by atoms with Crippen LogP contribution in [-0.2, 0) is 4.79 Å². The fraction of sp³-hybridized carbons (Fsp3) is 0.474. The minimum absolute atomic E-state index is 0.0755. The molecular weight excluding hydrogens is 314 g/mol. The maximum Gasteiger partial charge on any atom is 0.227 e. The van der Waals surface area contributed by atoms with Crippen LogP contribution in [0.3, 0.4) is 0 Å². The van der Waals surface area contributed by atoms with E-state index in [2.05, 4.69) is 34.3 Å². The molecule has 1 aromatic carbocycles. The molecule has 1 atom stereocenters. The molecule has 0 fully saturated rings. The highest BCUT2D eigenvalue weighted by molar-refractivity contribution is 5.92. The Kier molecular flexibility index (Phi) is 6.86. The quantitative estimate of drug-likeness (QED) is 0.729. The number of benzene rings is 1. The Morgan fingerprint density at radius 3 is 2.64 bits per heavy atom. The van der Waals surface area contributed by atoms with Crippen LogP contribution in [0, 0.1) is 12.8 Å². The van der Waals surface area contributed by atoms with Crippen molar-refractivity contribution in [3.05, 3.63) is 30.1 Å². The molecule has 0 saturated heterocycles. The topological polar surface area (TPSA) is 72.2 Å². The molecule has 1 heterocycles. The number of nitrogens with zero attached hydrogens (tertiary/aromatic N) is 4. The number of rotatable bonds is 8. The van der Waals surface area contributed by atoms with Gasteiger partial charge in [0.15, 0.2) is 5.82 Å². The van der Waals surface area contributed by atoms with Crippen LogP contribution in [0.25, 0.3) is 11.4 Å². The van der Waals surface area contributed by atoms with E-state index in [9.17, 15) is 4.79 Å². The third kappa shape index (κ3) is 4.98. The van der Waals surface area contributed by atoms with Gasteiger partial charge in [-0.25, -0.2) is 4.98 Å². The van der Waals surface area contributed by atoms with Crippen molar-refractivity contribution < 1.29 is 4.79 Å². The first kappa shape index (κ1) is 18.8. The highest BCUT2D eigenvalue weighted by Gasteiger charge is 2.16. The standard InChI is InChI=1S/C19H27N5O/c1-5-8-9-15(6-2)19(25)22-17-12-10-16(11-13-17)18-21-14(4)24(23-18)20-7-3/h7,10-13,15H,5-6,8-9H2,1-4H3,(H,22,25)/b20-7-. The number of carbonyl (C=O) groups is 1. The average Bonchev–Trinajstić information content (AvgIpc) is 2.97. The summed E-state index contributed by atoms with van der Waals surface area (Å²) in [5, 5.41) is 11.5. The number of anilines is 1. The van der Waals surface area contributed by atoms with Crippen LogP contribution < -0.4 is 5.32 Å². The molecule has 6 heteroatoms. The Morgan fingerprint density at radius 1 is 1.32 bits per heavy atom. The van der Waals surface area contributed by atoms with Gasteiger partial charge in [-0.3, -0.25) is 4.79 Å². The lowest BCUT2D eigenvalue weighted by Crippen LogP contribution is -2.22.